The molecule has 1 amide bonds. The third-order valence-electron chi connectivity index (χ3n) is 3.80. The minimum atomic E-state index is -0.0749. The van der Waals surface area contributed by atoms with Gasteiger partial charge in [0.25, 0.3) is 0 Å². The van der Waals surface area contributed by atoms with Gasteiger partial charge in [0.05, 0.1) is 19.8 Å². The molecule has 2 aromatic rings. The molecule has 2 aromatic carbocycles. The standard InChI is InChI=1S/C18H20BrN3O2/c19-14-2-1-3-16(12-14)20-13-18(23)21-15-4-6-17(7-5-15)22-8-10-24-11-9-22/h1-7,12,20H,8-11,13H2,(H,21,23). The van der Waals surface area contributed by atoms with Crippen LogP contribution < -0.4 is 15.5 Å². The molecule has 0 radical (unpaired) electrons. The van der Waals surface area contributed by atoms with E-state index in [1.165, 1.54) is 0 Å². The predicted octanol–water partition coefficient (Wildman–Crippen LogP) is 3.34. The predicted molar refractivity (Wildman–Crippen MR) is 101 cm³/mol. The number of halogens is 1. The summed E-state index contributed by atoms with van der Waals surface area (Å²) in [4.78, 5) is 14.3. The first-order valence-corrected chi connectivity index (χ1v) is 8.72. The number of rotatable bonds is 5. The number of nitrogens with one attached hydrogen (secondary N) is 2. The Labute approximate surface area is 150 Å². The van der Waals surface area contributed by atoms with Crippen molar-refractivity contribution in [3.05, 3.63) is 53.0 Å². The van der Waals surface area contributed by atoms with Crippen LogP contribution in [0.5, 0.6) is 0 Å². The summed E-state index contributed by atoms with van der Waals surface area (Å²) in [5.41, 5.74) is 2.86. The zero-order valence-electron chi connectivity index (χ0n) is 13.3. The fourth-order valence-corrected chi connectivity index (χ4v) is 2.96. The van der Waals surface area contributed by atoms with Crippen LogP contribution in [0.1, 0.15) is 0 Å². The maximum absolute atomic E-state index is 12.0. The zero-order chi connectivity index (χ0) is 16.8. The molecular formula is C18H20BrN3O2. The van der Waals surface area contributed by atoms with Crippen molar-refractivity contribution in [2.45, 2.75) is 0 Å². The lowest BCUT2D eigenvalue weighted by Gasteiger charge is -2.28. The van der Waals surface area contributed by atoms with Crippen molar-refractivity contribution in [2.75, 3.05) is 48.4 Å². The summed E-state index contributed by atoms with van der Waals surface area (Å²) in [5.74, 6) is -0.0749. The molecule has 1 heterocycles. The van der Waals surface area contributed by atoms with Crippen LogP contribution in [0.4, 0.5) is 17.1 Å². The highest BCUT2D eigenvalue weighted by atomic mass is 79.9. The van der Waals surface area contributed by atoms with Crippen LogP contribution in [-0.4, -0.2) is 38.8 Å². The van der Waals surface area contributed by atoms with Crippen molar-refractivity contribution in [3.8, 4) is 0 Å². The molecule has 0 atom stereocenters. The Bertz CT molecular complexity index is 685. The van der Waals surface area contributed by atoms with E-state index in [0.717, 1.165) is 47.8 Å². The smallest absolute Gasteiger partial charge is 0.243 e. The topological polar surface area (TPSA) is 53.6 Å². The molecular weight excluding hydrogens is 370 g/mol. The van der Waals surface area contributed by atoms with E-state index in [-0.39, 0.29) is 12.5 Å². The van der Waals surface area contributed by atoms with Gasteiger partial charge in [0.1, 0.15) is 0 Å². The van der Waals surface area contributed by atoms with Crippen molar-refractivity contribution in [1.82, 2.24) is 0 Å². The first kappa shape index (κ1) is 16.8. The third kappa shape index (κ3) is 4.72. The van der Waals surface area contributed by atoms with Crippen LogP contribution in [0.3, 0.4) is 0 Å². The van der Waals surface area contributed by atoms with E-state index in [9.17, 15) is 4.79 Å². The van der Waals surface area contributed by atoms with Gasteiger partial charge in [-0.3, -0.25) is 4.79 Å². The lowest BCUT2D eigenvalue weighted by molar-refractivity contribution is -0.114. The third-order valence-corrected chi connectivity index (χ3v) is 4.30. The number of carbonyl (C=O) groups excluding carboxylic acids is 1. The number of nitrogens with zero attached hydrogens (tertiary/aromatic N) is 1. The molecule has 0 aromatic heterocycles. The van der Waals surface area contributed by atoms with Crippen LogP contribution in [0.2, 0.25) is 0 Å². The molecule has 1 aliphatic rings. The number of hydrogen-bond acceptors (Lipinski definition) is 4. The van der Waals surface area contributed by atoms with Crippen LogP contribution in [-0.2, 0) is 9.53 Å². The number of morpholine rings is 1. The molecule has 0 saturated carbocycles. The zero-order valence-corrected chi connectivity index (χ0v) is 14.9. The van der Waals surface area contributed by atoms with E-state index in [0.29, 0.717) is 0 Å². The van der Waals surface area contributed by atoms with E-state index < -0.39 is 0 Å². The van der Waals surface area contributed by atoms with Crippen molar-refractivity contribution in [3.63, 3.8) is 0 Å². The van der Waals surface area contributed by atoms with E-state index in [2.05, 4.69) is 31.5 Å². The Hall–Kier alpha value is -2.05. The number of hydrogen-bond donors (Lipinski definition) is 2. The number of benzene rings is 2. The average Bonchev–Trinajstić information content (AvgIpc) is 2.61. The molecule has 1 aliphatic heterocycles. The van der Waals surface area contributed by atoms with E-state index in [4.69, 9.17) is 4.74 Å². The van der Waals surface area contributed by atoms with Crippen LogP contribution >= 0.6 is 15.9 Å². The summed E-state index contributed by atoms with van der Waals surface area (Å²) in [6.45, 7) is 3.56. The minimum absolute atomic E-state index is 0.0749. The van der Waals surface area contributed by atoms with Gasteiger partial charge >= 0.3 is 0 Å². The summed E-state index contributed by atoms with van der Waals surface area (Å²) < 4.78 is 6.34. The highest BCUT2D eigenvalue weighted by Gasteiger charge is 2.11. The van der Waals surface area contributed by atoms with Gasteiger partial charge in [0.15, 0.2) is 0 Å². The summed E-state index contributed by atoms with van der Waals surface area (Å²) >= 11 is 3.41. The molecule has 3 rings (SSSR count). The first-order chi connectivity index (χ1) is 11.7. The van der Waals surface area contributed by atoms with Crippen molar-refractivity contribution in [1.29, 1.82) is 0 Å². The highest BCUT2D eigenvalue weighted by Crippen LogP contribution is 2.19. The molecule has 1 fully saturated rings. The minimum Gasteiger partial charge on any atom is -0.378 e. The Kier molecular flexibility index (Phi) is 5.72. The van der Waals surface area contributed by atoms with Crippen LogP contribution in [0, 0.1) is 0 Å². The molecule has 0 bridgehead atoms. The van der Waals surface area contributed by atoms with Gasteiger partial charge in [-0.05, 0) is 42.5 Å². The number of ether oxygens (including phenoxy) is 1. The van der Waals surface area contributed by atoms with Gasteiger partial charge in [0.2, 0.25) is 5.91 Å². The monoisotopic (exact) mass is 389 g/mol. The van der Waals surface area contributed by atoms with Gasteiger partial charge < -0.3 is 20.3 Å². The number of anilines is 3. The molecule has 5 nitrogen and oxygen atoms in total. The molecule has 0 aliphatic carbocycles. The van der Waals surface area contributed by atoms with Crippen LogP contribution in [0.25, 0.3) is 0 Å². The number of carbonyl (C=O) groups is 1. The van der Waals surface area contributed by atoms with Crippen molar-refractivity contribution >= 4 is 38.9 Å². The van der Waals surface area contributed by atoms with Gasteiger partial charge in [-0.15, -0.1) is 0 Å². The van der Waals surface area contributed by atoms with Crippen molar-refractivity contribution in [2.24, 2.45) is 0 Å². The Morgan fingerprint density at radius 2 is 1.83 bits per heavy atom. The summed E-state index contributed by atoms with van der Waals surface area (Å²) in [6.07, 6.45) is 0. The van der Waals surface area contributed by atoms with Crippen molar-refractivity contribution < 1.29 is 9.53 Å². The second-order valence-corrected chi connectivity index (χ2v) is 6.47. The van der Waals surface area contributed by atoms with Gasteiger partial charge in [0, 0.05) is 34.6 Å². The molecule has 24 heavy (non-hydrogen) atoms. The summed E-state index contributed by atoms with van der Waals surface area (Å²) in [6, 6.07) is 15.7. The van der Waals surface area contributed by atoms with Gasteiger partial charge in [-0.2, -0.15) is 0 Å². The molecule has 0 spiro atoms. The molecule has 6 heteroatoms. The Morgan fingerprint density at radius 1 is 1.08 bits per heavy atom. The molecule has 1 saturated heterocycles. The normalized spacial score (nSPS) is 14.3. The second kappa shape index (κ2) is 8.17. The lowest BCUT2D eigenvalue weighted by Crippen LogP contribution is -2.36. The quantitative estimate of drug-likeness (QED) is 0.823. The average molecular weight is 390 g/mol. The Balaban J connectivity index is 1.50. The largest absolute Gasteiger partial charge is 0.378 e. The first-order valence-electron chi connectivity index (χ1n) is 7.93. The Morgan fingerprint density at radius 3 is 2.54 bits per heavy atom. The van der Waals surface area contributed by atoms with E-state index in [1.54, 1.807) is 0 Å². The van der Waals surface area contributed by atoms with Gasteiger partial charge in [-0.1, -0.05) is 22.0 Å². The highest BCUT2D eigenvalue weighted by molar-refractivity contribution is 9.10. The maximum atomic E-state index is 12.0. The van der Waals surface area contributed by atoms with E-state index in [1.807, 2.05) is 48.5 Å². The van der Waals surface area contributed by atoms with Gasteiger partial charge in [-0.25, -0.2) is 0 Å². The SMILES string of the molecule is O=C(CNc1cccc(Br)c1)Nc1ccc(N2CCOCC2)cc1. The molecule has 126 valence electrons. The molecule has 2 N–H and O–H groups in total. The second-order valence-electron chi connectivity index (χ2n) is 5.56. The summed E-state index contributed by atoms with van der Waals surface area (Å²) in [5, 5.41) is 6.00. The fourth-order valence-electron chi connectivity index (χ4n) is 2.56. The number of amides is 1. The molecule has 0 unspecified atom stereocenters. The lowest BCUT2D eigenvalue weighted by atomic mass is 10.2. The fraction of sp³-hybridized carbons (Fsp3) is 0.278. The van der Waals surface area contributed by atoms with Crippen LogP contribution in [0.15, 0.2) is 53.0 Å². The maximum Gasteiger partial charge on any atom is 0.243 e. The van der Waals surface area contributed by atoms with E-state index >= 15 is 0 Å². The summed E-state index contributed by atoms with van der Waals surface area (Å²) in [7, 11) is 0.